The number of anilines is 8. The van der Waals surface area contributed by atoms with Gasteiger partial charge in [-0.15, -0.1) is 0 Å². The van der Waals surface area contributed by atoms with Crippen LogP contribution in [0.3, 0.4) is 0 Å². The Balaban J connectivity index is 1.10. The lowest BCUT2D eigenvalue weighted by molar-refractivity contribution is 0.688. The molecule has 332 valence electrons. The van der Waals surface area contributed by atoms with Crippen LogP contribution in [0.25, 0.3) is 22.3 Å². The molecule has 10 aromatic rings. The summed E-state index contributed by atoms with van der Waals surface area (Å²) in [6.45, 7) is 0. The van der Waals surface area contributed by atoms with Gasteiger partial charge in [-0.3, -0.25) is 0 Å². The SMILES string of the molecule is C1=C(N(c2ccccc2)c2ccccc2)CC2C(=C1)C1(c3cc(-c4ccccc4)ccc3-c3ccc(N(c4ccccc4)c4ccccc4)cc31)c1ccc(N(c3ccccc3)c3ccccc3)cc12. The molecule has 13 rings (SSSR count). The van der Waals surface area contributed by atoms with Crippen molar-refractivity contribution in [3.63, 3.8) is 0 Å². The molecule has 0 N–H and O–H groups in total. The molecule has 0 radical (unpaired) electrons. The van der Waals surface area contributed by atoms with Gasteiger partial charge in [-0.2, -0.15) is 0 Å². The first-order chi connectivity index (χ1) is 34.7. The third-order valence-corrected chi connectivity index (χ3v) is 14.6. The van der Waals surface area contributed by atoms with Crippen LogP contribution in [0.2, 0.25) is 0 Å². The molecule has 0 fully saturated rings. The second kappa shape index (κ2) is 17.3. The highest BCUT2D eigenvalue weighted by atomic mass is 15.2. The summed E-state index contributed by atoms with van der Waals surface area (Å²) in [6, 6.07) is 97.6. The molecule has 0 bridgehead atoms. The van der Waals surface area contributed by atoms with Crippen LogP contribution in [-0.4, -0.2) is 0 Å². The van der Waals surface area contributed by atoms with Gasteiger partial charge in [0.15, 0.2) is 0 Å². The fourth-order valence-corrected chi connectivity index (χ4v) is 11.7. The van der Waals surface area contributed by atoms with Crippen LogP contribution in [-0.2, 0) is 5.41 Å². The molecule has 3 heteroatoms. The molecule has 10 aromatic carbocycles. The van der Waals surface area contributed by atoms with Crippen molar-refractivity contribution in [2.24, 2.45) is 0 Å². The lowest BCUT2D eigenvalue weighted by Gasteiger charge is -2.36. The largest absolute Gasteiger partial charge is 0.314 e. The molecule has 0 saturated heterocycles. The van der Waals surface area contributed by atoms with Crippen molar-refractivity contribution >= 4 is 45.5 Å². The van der Waals surface area contributed by atoms with Gasteiger partial charge < -0.3 is 14.7 Å². The predicted molar refractivity (Wildman–Crippen MR) is 292 cm³/mol. The first-order valence-electron chi connectivity index (χ1n) is 24.4. The average Bonchev–Trinajstić information content (AvgIpc) is 3.89. The molecular weight excluding hydrogens is 847 g/mol. The summed E-state index contributed by atoms with van der Waals surface area (Å²) < 4.78 is 0. The third-order valence-electron chi connectivity index (χ3n) is 14.6. The summed E-state index contributed by atoms with van der Waals surface area (Å²) in [5.41, 5.74) is 21.4. The molecule has 3 aliphatic carbocycles. The Hall–Kier alpha value is -8.92. The van der Waals surface area contributed by atoms with Crippen molar-refractivity contribution in [2.45, 2.75) is 17.8 Å². The van der Waals surface area contributed by atoms with E-state index in [0.717, 1.165) is 51.9 Å². The Labute approximate surface area is 410 Å². The second-order valence-corrected chi connectivity index (χ2v) is 18.4. The molecule has 70 heavy (non-hydrogen) atoms. The highest BCUT2D eigenvalue weighted by Gasteiger charge is 2.56. The predicted octanol–water partition coefficient (Wildman–Crippen LogP) is 17.8. The van der Waals surface area contributed by atoms with E-state index in [9.17, 15) is 0 Å². The maximum absolute atomic E-state index is 2.52. The van der Waals surface area contributed by atoms with Crippen LogP contribution < -0.4 is 14.7 Å². The lowest BCUT2D eigenvalue weighted by Crippen LogP contribution is -2.29. The Morgan fingerprint density at radius 1 is 0.300 bits per heavy atom. The summed E-state index contributed by atoms with van der Waals surface area (Å²) in [6.07, 6.45) is 5.73. The number of nitrogens with zero attached hydrogens (tertiary/aromatic N) is 3. The summed E-state index contributed by atoms with van der Waals surface area (Å²) >= 11 is 0. The van der Waals surface area contributed by atoms with Crippen molar-refractivity contribution in [1.29, 1.82) is 0 Å². The van der Waals surface area contributed by atoms with Gasteiger partial charge in [-0.25, -0.2) is 0 Å². The van der Waals surface area contributed by atoms with Gasteiger partial charge in [0.05, 0.1) is 5.41 Å². The van der Waals surface area contributed by atoms with Crippen molar-refractivity contribution in [3.8, 4) is 22.3 Å². The maximum atomic E-state index is 2.52. The number of para-hydroxylation sites is 6. The number of hydrogen-bond acceptors (Lipinski definition) is 3. The van der Waals surface area contributed by atoms with Gasteiger partial charge in [0, 0.05) is 57.1 Å². The van der Waals surface area contributed by atoms with Crippen molar-refractivity contribution < 1.29 is 0 Å². The molecule has 0 aromatic heterocycles. The second-order valence-electron chi connectivity index (χ2n) is 18.4. The van der Waals surface area contributed by atoms with Gasteiger partial charge in [0.2, 0.25) is 0 Å². The van der Waals surface area contributed by atoms with E-state index in [1.165, 1.54) is 55.8 Å². The standard InChI is InChI=1S/C67H49N3/c1-8-22-48(23-9-1)49-36-40-59-60-41-37-58(70(54-32-18-6-19-33-54)55-34-20-7-21-35-55)47-66(60)67(65(59)44-49)63-42-38-56(68(50-24-10-2-11-25-50)51-26-12-3-13-27-51)45-61(63)62-46-57(39-43-64(62)67)69(52-28-14-4-15-29-52)53-30-16-5-17-31-53/h1-45,47,62H,46H2. The molecule has 1 spiro atoms. The van der Waals surface area contributed by atoms with E-state index >= 15 is 0 Å². The van der Waals surface area contributed by atoms with E-state index in [4.69, 9.17) is 0 Å². The fourth-order valence-electron chi connectivity index (χ4n) is 11.7. The van der Waals surface area contributed by atoms with Crippen LogP contribution in [0.4, 0.5) is 45.5 Å². The Kier molecular flexibility index (Phi) is 10.2. The summed E-state index contributed by atoms with van der Waals surface area (Å²) in [4.78, 5) is 7.28. The number of hydrogen-bond donors (Lipinski definition) is 0. The Morgan fingerprint density at radius 2 is 0.700 bits per heavy atom. The fraction of sp³-hybridized carbons (Fsp3) is 0.0448. The van der Waals surface area contributed by atoms with E-state index in [1.807, 2.05) is 0 Å². The van der Waals surface area contributed by atoms with Crippen molar-refractivity contribution in [2.75, 3.05) is 14.7 Å². The summed E-state index contributed by atoms with van der Waals surface area (Å²) in [7, 11) is 0. The molecular formula is C67H49N3. The molecule has 0 heterocycles. The van der Waals surface area contributed by atoms with Gasteiger partial charge in [-0.1, -0.05) is 170 Å². The molecule has 3 aliphatic rings. The van der Waals surface area contributed by atoms with Crippen LogP contribution in [0, 0.1) is 0 Å². The number of fused-ring (bicyclic) bond motifs is 10. The average molecular weight is 896 g/mol. The summed E-state index contributed by atoms with van der Waals surface area (Å²) in [5.74, 6) is 0.0560. The zero-order valence-corrected chi connectivity index (χ0v) is 38.7. The number of allylic oxidation sites excluding steroid dienone is 4. The van der Waals surface area contributed by atoms with E-state index in [0.29, 0.717) is 0 Å². The summed E-state index contributed by atoms with van der Waals surface area (Å²) in [5, 5.41) is 0. The molecule has 2 atom stereocenters. The molecule has 2 unspecified atom stereocenters. The third kappa shape index (κ3) is 6.81. The minimum atomic E-state index is -0.597. The minimum Gasteiger partial charge on any atom is -0.314 e. The zero-order chi connectivity index (χ0) is 46.4. The lowest BCUT2D eigenvalue weighted by atomic mass is 9.68. The minimum absolute atomic E-state index is 0.0560. The Bertz CT molecular complexity index is 3440. The normalized spacial score (nSPS) is 16.0. The maximum Gasteiger partial charge on any atom is 0.0686 e. The smallest absolute Gasteiger partial charge is 0.0686 e. The first-order valence-corrected chi connectivity index (χ1v) is 24.4. The monoisotopic (exact) mass is 895 g/mol. The van der Waals surface area contributed by atoms with Gasteiger partial charge in [-0.05, 0) is 166 Å². The van der Waals surface area contributed by atoms with Gasteiger partial charge in [0.25, 0.3) is 0 Å². The van der Waals surface area contributed by atoms with E-state index in [-0.39, 0.29) is 5.92 Å². The number of rotatable bonds is 10. The number of benzene rings is 10. The van der Waals surface area contributed by atoms with Crippen LogP contribution >= 0.6 is 0 Å². The Morgan fingerprint density at radius 3 is 1.19 bits per heavy atom. The highest BCUT2D eigenvalue weighted by Crippen LogP contribution is 2.67. The highest BCUT2D eigenvalue weighted by molar-refractivity contribution is 5.94. The van der Waals surface area contributed by atoms with Gasteiger partial charge >= 0.3 is 0 Å². The van der Waals surface area contributed by atoms with E-state index < -0.39 is 5.41 Å². The quantitative estimate of drug-likeness (QED) is 0.135. The van der Waals surface area contributed by atoms with Crippen molar-refractivity contribution in [3.05, 3.63) is 313 Å². The van der Waals surface area contributed by atoms with E-state index in [2.05, 4.69) is 294 Å². The first kappa shape index (κ1) is 41.3. The van der Waals surface area contributed by atoms with E-state index in [1.54, 1.807) is 0 Å². The zero-order valence-electron chi connectivity index (χ0n) is 38.7. The molecule has 3 nitrogen and oxygen atoms in total. The van der Waals surface area contributed by atoms with Crippen LogP contribution in [0.1, 0.15) is 34.6 Å². The van der Waals surface area contributed by atoms with Crippen LogP contribution in [0.5, 0.6) is 0 Å². The molecule has 0 amide bonds. The van der Waals surface area contributed by atoms with Crippen LogP contribution in [0.15, 0.2) is 290 Å². The topological polar surface area (TPSA) is 9.72 Å². The van der Waals surface area contributed by atoms with Gasteiger partial charge in [0.1, 0.15) is 0 Å². The molecule has 0 aliphatic heterocycles. The van der Waals surface area contributed by atoms with Crippen molar-refractivity contribution in [1.82, 2.24) is 0 Å². The molecule has 0 saturated carbocycles.